The number of aliphatic hydroxyl groups is 1. The molecule has 3 unspecified atom stereocenters. The Labute approximate surface area is 125 Å². The predicted molar refractivity (Wildman–Crippen MR) is 86.0 cm³/mol. The second-order valence-electron chi connectivity index (χ2n) is 5.82. The van der Waals surface area contributed by atoms with Gasteiger partial charge in [0.1, 0.15) is 0 Å². The number of aliphatic hydroxyl groups excluding tert-OH is 1. The topological polar surface area (TPSA) is 45.1 Å². The van der Waals surface area contributed by atoms with Crippen LogP contribution in [0.4, 0.5) is 0 Å². The molecule has 3 nitrogen and oxygen atoms in total. The Kier molecular flexibility index (Phi) is 4.32. The van der Waals surface area contributed by atoms with Crippen LogP contribution in [0.25, 0.3) is 10.9 Å². The summed E-state index contributed by atoms with van der Waals surface area (Å²) in [4.78, 5) is 4.36. The lowest BCUT2D eigenvalue weighted by atomic mass is 9.81. The van der Waals surface area contributed by atoms with E-state index in [4.69, 9.17) is 0 Å². The zero-order valence-electron chi connectivity index (χ0n) is 12.2. The first-order valence-corrected chi connectivity index (χ1v) is 7.64. The van der Waals surface area contributed by atoms with E-state index in [1.807, 2.05) is 36.4 Å². The van der Waals surface area contributed by atoms with Crippen molar-refractivity contribution >= 4 is 10.9 Å². The summed E-state index contributed by atoms with van der Waals surface area (Å²) >= 11 is 0. The van der Waals surface area contributed by atoms with Crippen LogP contribution in [0.3, 0.4) is 0 Å². The molecule has 0 aliphatic carbocycles. The first-order chi connectivity index (χ1) is 10.3. The molecule has 0 radical (unpaired) electrons. The Morgan fingerprint density at radius 2 is 2.24 bits per heavy atom. The number of hydrogen-bond acceptors (Lipinski definition) is 3. The van der Waals surface area contributed by atoms with Gasteiger partial charge in [-0.1, -0.05) is 24.3 Å². The Bertz CT molecular complexity index is 620. The standard InChI is InChI=1S/C18H22N2O/c1-2-13-12-19-9-7-14(13)11-18(21)16-8-10-20-17-6-4-3-5-15(16)17/h2-6,8,10,13-14,18-19,21H,1,7,9,11-12H2. The minimum absolute atomic E-state index is 0.441. The third-order valence-electron chi connectivity index (χ3n) is 4.55. The van der Waals surface area contributed by atoms with Gasteiger partial charge in [0.25, 0.3) is 0 Å². The summed E-state index contributed by atoms with van der Waals surface area (Å²) in [6.07, 6.45) is 5.24. The lowest BCUT2D eigenvalue weighted by molar-refractivity contribution is 0.122. The summed E-state index contributed by atoms with van der Waals surface area (Å²) in [5, 5.41) is 15.1. The average molecular weight is 282 g/mol. The zero-order chi connectivity index (χ0) is 14.7. The highest BCUT2D eigenvalue weighted by Crippen LogP contribution is 2.32. The van der Waals surface area contributed by atoms with E-state index < -0.39 is 6.10 Å². The van der Waals surface area contributed by atoms with Gasteiger partial charge in [0, 0.05) is 18.1 Å². The van der Waals surface area contributed by atoms with Gasteiger partial charge in [0.2, 0.25) is 0 Å². The van der Waals surface area contributed by atoms with Crippen LogP contribution in [0.2, 0.25) is 0 Å². The molecule has 2 N–H and O–H groups in total. The summed E-state index contributed by atoms with van der Waals surface area (Å²) in [7, 11) is 0. The van der Waals surface area contributed by atoms with Gasteiger partial charge < -0.3 is 10.4 Å². The van der Waals surface area contributed by atoms with Crippen molar-refractivity contribution in [1.29, 1.82) is 0 Å². The van der Waals surface area contributed by atoms with E-state index in [1.165, 1.54) is 0 Å². The molecule has 3 heteroatoms. The molecular weight excluding hydrogens is 260 g/mol. The molecule has 3 atom stereocenters. The number of para-hydroxylation sites is 1. The first kappa shape index (κ1) is 14.2. The molecule has 0 spiro atoms. The number of rotatable bonds is 4. The van der Waals surface area contributed by atoms with E-state index in [9.17, 15) is 5.11 Å². The van der Waals surface area contributed by atoms with Crippen molar-refractivity contribution in [2.45, 2.75) is 18.9 Å². The van der Waals surface area contributed by atoms with Crippen molar-refractivity contribution in [3.63, 3.8) is 0 Å². The number of aromatic nitrogens is 1. The van der Waals surface area contributed by atoms with E-state index in [0.29, 0.717) is 11.8 Å². The summed E-state index contributed by atoms with van der Waals surface area (Å²) in [6, 6.07) is 9.94. The zero-order valence-corrected chi connectivity index (χ0v) is 12.2. The second kappa shape index (κ2) is 6.37. The largest absolute Gasteiger partial charge is 0.388 e. The molecule has 21 heavy (non-hydrogen) atoms. The van der Waals surface area contributed by atoms with E-state index in [0.717, 1.165) is 42.4 Å². The number of nitrogens with zero attached hydrogens (tertiary/aromatic N) is 1. The smallest absolute Gasteiger partial charge is 0.0800 e. The normalized spacial score (nSPS) is 23.9. The number of pyridine rings is 1. The van der Waals surface area contributed by atoms with E-state index in [2.05, 4.69) is 16.9 Å². The molecule has 0 amide bonds. The van der Waals surface area contributed by atoms with Gasteiger partial charge >= 0.3 is 0 Å². The molecule has 1 aliphatic rings. The average Bonchev–Trinajstić information content (AvgIpc) is 2.54. The quantitative estimate of drug-likeness (QED) is 0.847. The van der Waals surface area contributed by atoms with Crippen molar-refractivity contribution in [2.75, 3.05) is 13.1 Å². The van der Waals surface area contributed by atoms with Crippen molar-refractivity contribution in [2.24, 2.45) is 11.8 Å². The Balaban J connectivity index is 1.83. The first-order valence-electron chi connectivity index (χ1n) is 7.64. The number of benzene rings is 1. The van der Waals surface area contributed by atoms with Crippen molar-refractivity contribution < 1.29 is 5.11 Å². The molecular formula is C18H22N2O. The van der Waals surface area contributed by atoms with Crippen molar-refractivity contribution in [1.82, 2.24) is 10.3 Å². The fourth-order valence-corrected chi connectivity index (χ4v) is 3.33. The lowest BCUT2D eigenvalue weighted by Gasteiger charge is -2.31. The molecule has 3 rings (SSSR count). The predicted octanol–water partition coefficient (Wildman–Crippen LogP) is 3.07. The SMILES string of the molecule is C=CC1CNCCC1CC(O)c1ccnc2ccccc12. The molecule has 1 aromatic carbocycles. The molecule has 2 aromatic rings. The van der Waals surface area contributed by atoms with Crippen molar-refractivity contribution in [3.05, 3.63) is 54.7 Å². The second-order valence-corrected chi connectivity index (χ2v) is 5.82. The highest BCUT2D eigenvalue weighted by Gasteiger charge is 2.26. The summed E-state index contributed by atoms with van der Waals surface area (Å²) < 4.78 is 0. The Morgan fingerprint density at radius 1 is 1.38 bits per heavy atom. The van der Waals surface area contributed by atoms with Gasteiger partial charge in [0.15, 0.2) is 0 Å². The summed E-state index contributed by atoms with van der Waals surface area (Å²) in [5.41, 5.74) is 1.93. The highest BCUT2D eigenvalue weighted by atomic mass is 16.3. The Hall–Kier alpha value is -1.71. The van der Waals surface area contributed by atoms with Crippen LogP contribution < -0.4 is 5.32 Å². The number of fused-ring (bicyclic) bond motifs is 1. The van der Waals surface area contributed by atoms with Gasteiger partial charge in [-0.25, -0.2) is 0 Å². The van der Waals surface area contributed by atoms with Crippen LogP contribution in [0.15, 0.2) is 49.2 Å². The Morgan fingerprint density at radius 3 is 3.10 bits per heavy atom. The van der Waals surface area contributed by atoms with Crippen LogP contribution in [0.5, 0.6) is 0 Å². The molecule has 1 aliphatic heterocycles. The third-order valence-corrected chi connectivity index (χ3v) is 4.55. The number of hydrogen-bond donors (Lipinski definition) is 2. The molecule has 2 heterocycles. The van der Waals surface area contributed by atoms with Crippen LogP contribution in [-0.4, -0.2) is 23.2 Å². The maximum atomic E-state index is 10.7. The maximum absolute atomic E-state index is 10.7. The fourth-order valence-electron chi connectivity index (χ4n) is 3.33. The molecule has 1 saturated heterocycles. The van der Waals surface area contributed by atoms with Gasteiger partial charge in [0.05, 0.1) is 11.6 Å². The minimum Gasteiger partial charge on any atom is -0.388 e. The van der Waals surface area contributed by atoms with Crippen LogP contribution in [0, 0.1) is 11.8 Å². The van der Waals surface area contributed by atoms with Crippen molar-refractivity contribution in [3.8, 4) is 0 Å². The minimum atomic E-state index is -0.441. The fraction of sp³-hybridized carbons (Fsp3) is 0.389. The van der Waals surface area contributed by atoms with Gasteiger partial charge in [-0.3, -0.25) is 4.98 Å². The summed E-state index contributed by atoms with van der Waals surface area (Å²) in [6.45, 7) is 5.93. The van der Waals surface area contributed by atoms with Crippen LogP contribution in [0.1, 0.15) is 24.5 Å². The molecule has 1 fully saturated rings. The maximum Gasteiger partial charge on any atom is 0.0800 e. The molecule has 0 saturated carbocycles. The molecule has 110 valence electrons. The highest BCUT2D eigenvalue weighted by molar-refractivity contribution is 5.82. The summed E-state index contributed by atoms with van der Waals surface area (Å²) in [5.74, 6) is 0.937. The molecule has 0 bridgehead atoms. The van der Waals surface area contributed by atoms with Gasteiger partial charge in [-0.2, -0.15) is 0 Å². The van der Waals surface area contributed by atoms with Gasteiger partial charge in [-0.05, 0) is 48.9 Å². The third kappa shape index (κ3) is 2.99. The number of piperidine rings is 1. The van der Waals surface area contributed by atoms with Crippen LogP contribution in [-0.2, 0) is 0 Å². The monoisotopic (exact) mass is 282 g/mol. The van der Waals surface area contributed by atoms with E-state index in [-0.39, 0.29) is 0 Å². The van der Waals surface area contributed by atoms with Crippen LogP contribution >= 0.6 is 0 Å². The van der Waals surface area contributed by atoms with E-state index in [1.54, 1.807) is 6.20 Å². The number of nitrogens with one attached hydrogen (secondary N) is 1. The van der Waals surface area contributed by atoms with E-state index >= 15 is 0 Å². The lowest BCUT2D eigenvalue weighted by Crippen LogP contribution is -2.36. The molecule has 1 aromatic heterocycles. The van der Waals surface area contributed by atoms with Gasteiger partial charge in [-0.15, -0.1) is 6.58 Å².